The van der Waals surface area contributed by atoms with Crippen LogP contribution in [0.2, 0.25) is 0 Å². The first kappa shape index (κ1) is 13.6. The number of hydrogen-bond acceptors (Lipinski definition) is 2. The summed E-state index contributed by atoms with van der Waals surface area (Å²) in [5.41, 5.74) is 7.14. The third kappa shape index (κ3) is 7.02. The number of hydrogen-bond donors (Lipinski definition) is 1. The van der Waals surface area contributed by atoms with Crippen LogP contribution in [0, 0.1) is 0 Å². The van der Waals surface area contributed by atoms with Crippen molar-refractivity contribution in [2.24, 2.45) is 5.73 Å². The highest BCUT2D eigenvalue weighted by atomic mass is 31.0. The Balaban J connectivity index is 0.000000500. The van der Waals surface area contributed by atoms with E-state index >= 15 is 0 Å². The minimum Gasteiger partial charge on any atom is -0.369 e. The zero-order chi connectivity index (χ0) is 10.8. The van der Waals surface area contributed by atoms with Crippen molar-refractivity contribution in [3.05, 3.63) is 35.9 Å². The fourth-order valence-corrected chi connectivity index (χ4v) is 1.06. The van der Waals surface area contributed by atoms with Gasteiger partial charge in [0.05, 0.1) is 0 Å². The first-order valence-corrected chi connectivity index (χ1v) is 5.24. The van der Waals surface area contributed by atoms with Crippen LogP contribution in [0.15, 0.2) is 30.3 Å². The monoisotopic (exact) mass is 213 g/mol. The van der Waals surface area contributed by atoms with E-state index in [1.54, 1.807) is 7.11 Å². The van der Waals surface area contributed by atoms with Crippen molar-refractivity contribution in [2.75, 3.05) is 7.11 Å². The Morgan fingerprint density at radius 1 is 1.36 bits per heavy atom. The van der Waals surface area contributed by atoms with Gasteiger partial charge < -0.3 is 10.3 Å². The Morgan fingerprint density at radius 3 is 2.29 bits per heavy atom. The molecule has 0 saturated heterocycles. The molecule has 0 aliphatic carbocycles. The second-order valence-electron chi connectivity index (χ2n) is 3.09. The third-order valence-electron chi connectivity index (χ3n) is 1.87. The van der Waals surface area contributed by atoms with Crippen LogP contribution >= 0.6 is 9.47 Å². The Labute approximate surface area is 89.1 Å². The van der Waals surface area contributed by atoms with E-state index in [0.29, 0.717) is 6.04 Å². The summed E-state index contributed by atoms with van der Waals surface area (Å²) in [6, 6.07) is 10.7. The van der Waals surface area contributed by atoms with E-state index < -0.39 is 0 Å². The highest BCUT2D eigenvalue weighted by molar-refractivity contribution is 7.09. The first-order chi connectivity index (χ1) is 6.74. The van der Waals surface area contributed by atoms with E-state index in [-0.39, 0.29) is 0 Å². The van der Waals surface area contributed by atoms with Gasteiger partial charge in [0.2, 0.25) is 0 Å². The van der Waals surface area contributed by atoms with Gasteiger partial charge in [0.25, 0.3) is 0 Å². The minimum absolute atomic E-state index is 0.317. The number of rotatable bonds is 3. The summed E-state index contributed by atoms with van der Waals surface area (Å²) in [5, 5.41) is 0. The van der Waals surface area contributed by atoms with Gasteiger partial charge in [0.15, 0.2) is 0 Å². The van der Waals surface area contributed by atoms with Gasteiger partial charge in [-0.15, -0.1) is 0 Å². The summed E-state index contributed by atoms with van der Waals surface area (Å²) in [6.45, 7) is 2.12. The molecular formula is C11H20NOP. The molecule has 0 aromatic heterocycles. The third-order valence-corrected chi connectivity index (χ3v) is 1.87. The standard InChI is InChI=1S/C10H15N.CH5OP/c1-2-10(11)8-9-6-4-3-5-7-9;1-2-3/h3-7,10H,2,8,11H2,1H3;3H2,1H3. The zero-order valence-electron chi connectivity index (χ0n) is 8.94. The van der Waals surface area contributed by atoms with Crippen molar-refractivity contribution >= 4 is 9.47 Å². The summed E-state index contributed by atoms with van der Waals surface area (Å²) in [4.78, 5) is 0. The van der Waals surface area contributed by atoms with Crippen LogP contribution in [0.25, 0.3) is 0 Å². The van der Waals surface area contributed by atoms with Crippen molar-refractivity contribution in [2.45, 2.75) is 25.8 Å². The zero-order valence-corrected chi connectivity index (χ0v) is 10.1. The van der Waals surface area contributed by atoms with Gasteiger partial charge in [0, 0.05) is 13.2 Å². The minimum atomic E-state index is 0.317. The average molecular weight is 213 g/mol. The van der Waals surface area contributed by atoms with Crippen LogP contribution in [0.4, 0.5) is 0 Å². The topological polar surface area (TPSA) is 35.2 Å². The van der Waals surface area contributed by atoms with E-state index in [1.807, 2.05) is 6.07 Å². The van der Waals surface area contributed by atoms with Crippen LogP contribution in [0.5, 0.6) is 0 Å². The van der Waals surface area contributed by atoms with Crippen LogP contribution in [0.3, 0.4) is 0 Å². The lowest BCUT2D eigenvalue weighted by Crippen LogP contribution is -2.21. The van der Waals surface area contributed by atoms with E-state index in [2.05, 4.69) is 45.2 Å². The van der Waals surface area contributed by atoms with Gasteiger partial charge in [-0.1, -0.05) is 37.3 Å². The van der Waals surface area contributed by atoms with Crippen molar-refractivity contribution in [1.82, 2.24) is 0 Å². The molecule has 0 aliphatic heterocycles. The van der Waals surface area contributed by atoms with Gasteiger partial charge in [-0.2, -0.15) is 0 Å². The molecule has 2 unspecified atom stereocenters. The van der Waals surface area contributed by atoms with Crippen molar-refractivity contribution in [1.29, 1.82) is 0 Å². The van der Waals surface area contributed by atoms with Crippen molar-refractivity contribution in [3.63, 3.8) is 0 Å². The maximum Gasteiger partial charge on any atom is 0.0391 e. The average Bonchev–Trinajstić information content (AvgIpc) is 2.20. The molecule has 0 aliphatic rings. The lowest BCUT2D eigenvalue weighted by molar-refractivity contribution is 0.488. The molecule has 2 N–H and O–H groups in total. The first-order valence-electron chi connectivity index (χ1n) is 4.77. The van der Waals surface area contributed by atoms with E-state index in [4.69, 9.17) is 5.73 Å². The highest BCUT2D eigenvalue weighted by Crippen LogP contribution is 2.02. The smallest absolute Gasteiger partial charge is 0.0391 e. The molecular weight excluding hydrogens is 193 g/mol. The molecule has 1 aromatic carbocycles. The summed E-state index contributed by atoms with van der Waals surface area (Å²) in [7, 11) is 3.67. The van der Waals surface area contributed by atoms with Crippen molar-refractivity contribution in [3.8, 4) is 0 Å². The lowest BCUT2D eigenvalue weighted by Gasteiger charge is -2.07. The Kier molecular flexibility index (Phi) is 8.86. The largest absolute Gasteiger partial charge is 0.369 e. The van der Waals surface area contributed by atoms with Crippen LogP contribution in [-0.2, 0) is 10.9 Å². The van der Waals surface area contributed by atoms with Gasteiger partial charge in [0.1, 0.15) is 0 Å². The molecule has 0 spiro atoms. The second kappa shape index (κ2) is 9.14. The highest BCUT2D eigenvalue weighted by Gasteiger charge is 1.98. The normalized spacial score (nSPS) is 11.4. The summed E-state index contributed by atoms with van der Waals surface area (Å²) >= 11 is 0. The van der Waals surface area contributed by atoms with E-state index in [0.717, 1.165) is 12.8 Å². The molecule has 0 saturated carbocycles. The molecule has 0 amide bonds. The van der Waals surface area contributed by atoms with Gasteiger partial charge in [-0.25, -0.2) is 0 Å². The molecule has 1 rings (SSSR count). The molecule has 2 atom stereocenters. The lowest BCUT2D eigenvalue weighted by atomic mass is 10.1. The predicted molar refractivity (Wildman–Crippen MR) is 65.1 cm³/mol. The Morgan fingerprint density at radius 2 is 1.86 bits per heavy atom. The SMILES string of the molecule is CCC(N)Cc1ccccc1.COP. The molecule has 80 valence electrons. The van der Waals surface area contributed by atoms with Crippen LogP contribution < -0.4 is 5.73 Å². The Bertz CT molecular complexity index is 216. The molecule has 0 bridgehead atoms. The van der Waals surface area contributed by atoms with E-state index in [9.17, 15) is 0 Å². The van der Waals surface area contributed by atoms with E-state index in [1.165, 1.54) is 5.56 Å². The molecule has 1 aromatic rings. The molecule has 14 heavy (non-hydrogen) atoms. The number of benzene rings is 1. The Hall–Kier alpha value is -0.430. The summed E-state index contributed by atoms with van der Waals surface area (Å²) in [5.74, 6) is 0. The summed E-state index contributed by atoms with van der Waals surface area (Å²) < 4.78 is 4.17. The van der Waals surface area contributed by atoms with Crippen LogP contribution in [-0.4, -0.2) is 13.2 Å². The van der Waals surface area contributed by atoms with Crippen LogP contribution in [0.1, 0.15) is 18.9 Å². The fourth-order valence-electron chi connectivity index (χ4n) is 1.06. The van der Waals surface area contributed by atoms with Gasteiger partial charge in [-0.3, -0.25) is 0 Å². The van der Waals surface area contributed by atoms with Crippen molar-refractivity contribution < 1.29 is 4.52 Å². The fraction of sp³-hybridized carbons (Fsp3) is 0.455. The quantitative estimate of drug-likeness (QED) is 0.782. The predicted octanol–water partition coefficient (Wildman–Crippen LogP) is 2.39. The molecule has 2 nitrogen and oxygen atoms in total. The molecule has 0 radical (unpaired) electrons. The molecule has 3 heteroatoms. The van der Waals surface area contributed by atoms with Gasteiger partial charge in [-0.05, 0) is 27.9 Å². The maximum atomic E-state index is 5.80. The molecule has 0 fully saturated rings. The second-order valence-corrected chi connectivity index (χ2v) is 3.57. The van der Waals surface area contributed by atoms with Gasteiger partial charge >= 0.3 is 0 Å². The maximum absolute atomic E-state index is 5.80. The molecule has 0 heterocycles. The summed E-state index contributed by atoms with van der Waals surface area (Å²) in [6.07, 6.45) is 2.05. The number of nitrogens with two attached hydrogens (primary N) is 1.